The molecular weight excluding hydrogens is 262 g/mol. The molecule has 1 aromatic carbocycles. The van der Waals surface area contributed by atoms with Gasteiger partial charge in [-0.2, -0.15) is 0 Å². The van der Waals surface area contributed by atoms with E-state index in [-0.39, 0.29) is 17.1 Å². The first kappa shape index (κ1) is 15.3. The summed E-state index contributed by atoms with van der Waals surface area (Å²) >= 11 is 0. The number of aryl methyl sites for hydroxylation is 1. The second-order valence-corrected chi connectivity index (χ2v) is 6.40. The van der Waals surface area contributed by atoms with Gasteiger partial charge in [-0.25, -0.2) is 4.98 Å². The second-order valence-electron chi connectivity index (χ2n) is 6.40. The average Bonchev–Trinajstić information content (AvgIpc) is 2.40. The highest BCUT2D eigenvalue weighted by molar-refractivity contribution is 5.36. The van der Waals surface area contributed by atoms with Gasteiger partial charge in [0.05, 0.1) is 6.04 Å². The van der Waals surface area contributed by atoms with E-state index in [2.05, 4.69) is 41.5 Å². The zero-order valence-corrected chi connectivity index (χ0v) is 13.3. The minimum absolute atomic E-state index is 0.0293. The fourth-order valence-electron chi connectivity index (χ4n) is 2.18. The van der Waals surface area contributed by atoms with Crippen molar-refractivity contribution < 1.29 is 0 Å². The smallest absolute Gasteiger partial charge is 0.293 e. The van der Waals surface area contributed by atoms with E-state index in [1.165, 1.54) is 5.56 Å². The lowest BCUT2D eigenvalue weighted by Crippen LogP contribution is -2.35. The van der Waals surface area contributed by atoms with Gasteiger partial charge in [0.1, 0.15) is 0 Å². The van der Waals surface area contributed by atoms with Gasteiger partial charge in [-0.3, -0.25) is 4.79 Å². The van der Waals surface area contributed by atoms with E-state index < -0.39 is 0 Å². The molecule has 0 aliphatic carbocycles. The molecule has 0 amide bonds. The maximum Gasteiger partial charge on any atom is 0.293 e. The Morgan fingerprint density at radius 1 is 1.19 bits per heavy atom. The van der Waals surface area contributed by atoms with Crippen molar-refractivity contribution >= 4 is 5.82 Å². The van der Waals surface area contributed by atoms with Gasteiger partial charge in [0.15, 0.2) is 5.82 Å². The van der Waals surface area contributed by atoms with E-state index in [4.69, 9.17) is 0 Å². The van der Waals surface area contributed by atoms with Gasteiger partial charge in [-0.05, 0) is 40.2 Å². The van der Waals surface area contributed by atoms with Crippen LogP contribution in [0.2, 0.25) is 0 Å². The summed E-state index contributed by atoms with van der Waals surface area (Å²) in [6, 6.07) is 8.30. The van der Waals surface area contributed by atoms with Crippen LogP contribution < -0.4 is 10.9 Å². The molecule has 0 bridgehead atoms. The van der Waals surface area contributed by atoms with Gasteiger partial charge in [0.2, 0.25) is 0 Å². The van der Waals surface area contributed by atoms with Crippen molar-refractivity contribution in [3.05, 3.63) is 58.1 Å². The van der Waals surface area contributed by atoms with Gasteiger partial charge in [0.25, 0.3) is 5.56 Å². The van der Waals surface area contributed by atoms with Crippen molar-refractivity contribution in [2.24, 2.45) is 0 Å². The molecule has 0 spiro atoms. The minimum atomic E-state index is -0.260. The molecule has 0 radical (unpaired) electrons. The van der Waals surface area contributed by atoms with Crippen molar-refractivity contribution in [1.29, 1.82) is 0 Å². The summed E-state index contributed by atoms with van der Waals surface area (Å²) in [6.45, 7) is 10.1. The summed E-state index contributed by atoms with van der Waals surface area (Å²) < 4.78 is 1.70. The number of rotatable bonds is 3. The number of benzene rings is 1. The highest BCUT2D eigenvalue weighted by Gasteiger charge is 2.17. The molecule has 0 saturated heterocycles. The van der Waals surface area contributed by atoms with Crippen molar-refractivity contribution in [2.75, 3.05) is 5.32 Å². The fourth-order valence-corrected chi connectivity index (χ4v) is 2.18. The predicted octanol–water partition coefficient (Wildman–Crippen LogP) is 3.48. The quantitative estimate of drug-likeness (QED) is 0.939. The van der Waals surface area contributed by atoms with Crippen molar-refractivity contribution in [3.8, 4) is 0 Å². The number of anilines is 1. The van der Waals surface area contributed by atoms with E-state index in [0.717, 1.165) is 5.56 Å². The van der Waals surface area contributed by atoms with E-state index in [0.29, 0.717) is 5.82 Å². The van der Waals surface area contributed by atoms with Crippen molar-refractivity contribution in [1.82, 2.24) is 9.55 Å². The van der Waals surface area contributed by atoms with Gasteiger partial charge in [0, 0.05) is 17.9 Å². The second kappa shape index (κ2) is 5.72. The van der Waals surface area contributed by atoms with E-state index in [1.807, 2.05) is 27.7 Å². The van der Waals surface area contributed by atoms with Crippen LogP contribution in [0.4, 0.5) is 5.82 Å². The maximum atomic E-state index is 12.5. The summed E-state index contributed by atoms with van der Waals surface area (Å²) in [4.78, 5) is 16.7. The first-order chi connectivity index (χ1) is 9.79. The van der Waals surface area contributed by atoms with E-state index >= 15 is 0 Å². The molecule has 4 nitrogen and oxygen atoms in total. The van der Waals surface area contributed by atoms with E-state index in [9.17, 15) is 4.79 Å². The van der Waals surface area contributed by atoms with Crippen LogP contribution in [0.25, 0.3) is 0 Å². The lowest BCUT2D eigenvalue weighted by Gasteiger charge is -2.23. The summed E-state index contributed by atoms with van der Waals surface area (Å²) in [5.41, 5.74) is 2.00. The fraction of sp³-hybridized carbons (Fsp3) is 0.412. The Morgan fingerprint density at radius 3 is 2.38 bits per heavy atom. The molecule has 0 aliphatic heterocycles. The predicted molar refractivity (Wildman–Crippen MR) is 86.7 cm³/mol. The lowest BCUT2D eigenvalue weighted by atomic mass is 10.1. The zero-order chi connectivity index (χ0) is 15.6. The summed E-state index contributed by atoms with van der Waals surface area (Å²) in [6.07, 6.45) is 3.39. The summed E-state index contributed by atoms with van der Waals surface area (Å²) in [7, 11) is 0. The molecule has 1 aromatic heterocycles. The Kier molecular flexibility index (Phi) is 4.16. The maximum absolute atomic E-state index is 12.5. The first-order valence-electron chi connectivity index (χ1n) is 7.20. The molecule has 0 aliphatic rings. The monoisotopic (exact) mass is 285 g/mol. The number of hydrogen-bond donors (Lipinski definition) is 1. The molecule has 1 heterocycles. The largest absolute Gasteiger partial charge is 0.359 e. The molecule has 1 N–H and O–H groups in total. The van der Waals surface area contributed by atoms with Crippen LogP contribution in [0.1, 0.15) is 44.9 Å². The number of hydrogen-bond acceptors (Lipinski definition) is 3. The summed E-state index contributed by atoms with van der Waals surface area (Å²) in [5, 5.41) is 3.21. The van der Waals surface area contributed by atoms with Gasteiger partial charge in [-0.1, -0.05) is 29.8 Å². The first-order valence-corrected chi connectivity index (χ1v) is 7.20. The normalized spacial score (nSPS) is 13.0. The highest BCUT2D eigenvalue weighted by atomic mass is 16.1. The third kappa shape index (κ3) is 3.51. The molecule has 0 saturated carbocycles. The Labute approximate surface area is 125 Å². The van der Waals surface area contributed by atoms with Crippen LogP contribution in [0.5, 0.6) is 0 Å². The van der Waals surface area contributed by atoms with Crippen LogP contribution in [-0.2, 0) is 5.54 Å². The van der Waals surface area contributed by atoms with Crippen LogP contribution in [0.15, 0.2) is 41.5 Å². The Morgan fingerprint density at radius 2 is 1.81 bits per heavy atom. The van der Waals surface area contributed by atoms with Crippen LogP contribution in [-0.4, -0.2) is 9.55 Å². The van der Waals surface area contributed by atoms with Crippen molar-refractivity contribution in [2.45, 2.75) is 46.2 Å². The zero-order valence-electron chi connectivity index (χ0n) is 13.3. The molecular formula is C17H23N3O. The molecule has 2 aromatic rings. The minimum Gasteiger partial charge on any atom is -0.359 e. The molecule has 112 valence electrons. The van der Waals surface area contributed by atoms with Gasteiger partial charge < -0.3 is 9.88 Å². The Balaban J connectivity index is 2.28. The third-order valence-electron chi connectivity index (χ3n) is 3.49. The molecule has 21 heavy (non-hydrogen) atoms. The summed E-state index contributed by atoms with van der Waals surface area (Å²) in [5.74, 6) is 0.389. The number of nitrogens with one attached hydrogen (secondary N) is 1. The SMILES string of the molecule is Cc1ccc(C(C)Nc2nccn(C(C)(C)C)c2=O)cc1. The Bertz CT molecular complexity index is 666. The van der Waals surface area contributed by atoms with Gasteiger partial charge in [-0.15, -0.1) is 0 Å². The van der Waals surface area contributed by atoms with E-state index in [1.54, 1.807) is 17.0 Å². The van der Waals surface area contributed by atoms with Crippen LogP contribution in [0, 0.1) is 6.92 Å². The third-order valence-corrected chi connectivity index (χ3v) is 3.49. The van der Waals surface area contributed by atoms with Gasteiger partial charge >= 0.3 is 0 Å². The topological polar surface area (TPSA) is 46.9 Å². The number of aromatic nitrogens is 2. The lowest BCUT2D eigenvalue weighted by molar-refractivity contribution is 0.383. The Hall–Kier alpha value is -2.10. The standard InChI is InChI=1S/C17H23N3O/c1-12-6-8-14(9-7-12)13(2)19-15-16(21)20(11-10-18-15)17(3,4)5/h6-11,13H,1-5H3,(H,18,19). The average molecular weight is 285 g/mol. The van der Waals surface area contributed by atoms with Crippen molar-refractivity contribution in [3.63, 3.8) is 0 Å². The molecule has 2 rings (SSSR count). The van der Waals surface area contributed by atoms with Crippen LogP contribution >= 0.6 is 0 Å². The number of nitrogens with zero attached hydrogens (tertiary/aromatic N) is 2. The molecule has 1 unspecified atom stereocenters. The molecule has 1 atom stereocenters. The molecule has 4 heteroatoms. The molecule has 0 fully saturated rings. The highest BCUT2D eigenvalue weighted by Crippen LogP contribution is 2.17. The van der Waals surface area contributed by atoms with Crippen LogP contribution in [0.3, 0.4) is 0 Å².